The zero-order valence-electron chi connectivity index (χ0n) is 12.5. The van der Waals surface area contributed by atoms with Crippen molar-refractivity contribution in [3.8, 4) is 0 Å². The fourth-order valence-electron chi connectivity index (χ4n) is 2.51. The van der Waals surface area contributed by atoms with Crippen molar-refractivity contribution in [1.29, 1.82) is 0 Å². The summed E-state index contributed by atoms with van der Waals surface area (Å²) in [5, 5.41) is 4.77. The molecule has 1 aliphatic rings. The van der Waals surface area contributed by atoms with E-state index in [4.69, 9.17) is 4.74 Å². The lowest BCUT2D eigenvalue weighted by Crippen LogP contribution is -2.27. The Morgan fingerprint density at radius 3 is 2.81 bits per heavy atom. The number of thiophene rings is 1. The number of ether oxygens (including phenoxy) is 1. The van der Waals surface area contributed by atoms with Gasteiger partial charge in [-0.05, 0) is 43.2 Å². The van der Waals surface area contributed by atoms with Gasteiger partial charge in [0.05, 0.1) is 17.4 Å². The molecule has 1 aromatic heterocycles. The third kappa shape index (κ3) is 5.59. The molecule has 1 N–H and O–H groups in total. The molecular weight excluding hydrogens is 286 g/mol. The van der Waals surface area contributed by atoms with E-state index >= 15 is 0 Å². The number of Topliss-reactive ketones (excluding diaryl/α,β-unsaturated/α-hetero) is 1. The second-order valence-corrected chi connectivity index (χ2v) is 6.44. The molecule has 4 nitrogen and oxygen atoms in total. The molecule has 0 saturated heterocycles. The molecule has 116 valence electrons. The minimum atomic E-state index is 0.00349. The lowest BCUT2D eigenvalue weighted by atomic mass is 10.2. The van der Waals surface area contributed by atoms with Gasteiger partial charge in [0.2, 0.25) is 5.91 Å². The number of carbonyl (C=O) groups is 2. The first-order chi connectivity index (χ1) is 10.1. The Labute approximate surface area is 129 Å². The molecular formula is C16H23NO3S. The van der Waals surface area contributed by atoms with Crippen molar-refractivity contribution in [2.24, 2.45) is 0 Å². The van der Waals surface area contributed by atoms with E-state index in [0.29, 0.717) is 23.9 Å². The van der Waals surface area contributed by atoms with E-state index in [1.807, 2.05) is 5.38 Å². The van der Waals surface area contributed by atoms with Crippen LogP contribution in [-0.4, -0.2) is 30.9 Å². The molecule has 0 bridgehead atoms. The van der Waals surface area contributed by atoms with Gasteiger partial charge in [0.1, 0.15) is 0 Å². The molecule has 5 heteroatoms. The number of carbonyl (C=O) groups excluding carboxylic acids is 2. The third-order valence-corrected chi connectivity index (χ3v) is 4.74. The highest BCUT2D eigenvalue weighted by Crippen LogP contribution is 2.20. The predicted molar refractivity (Wildman–Crippen MR) is 83.9 cm³/mol. The van der Waals surface area contributed by atoms with E-state index in [2.05, 4.69) is 5.32 Å². The van der Waals surface area contributed by atoms with Crippen molar-refractivity contribution in [1.82, 2.24) is 5.32 Å². The maximum absolute atomic E-state index is 11.8. The van der Waals surface area contributed by atoms with Crippen molar-refractivity contribution in [3.63, 3.8) is 0 Å². The zero-order valence-corrected chi connectivity index (χ0v) is 13.3. The number of ketones is 1. The van der Waals surface area contributed by atoms with Gasteiger partial charge in [-0.15, -0.1) is 11.3 Å². The molecule has 2 rings (SSSR count). The average molecular weight is 309 g/mol. The topological polar surface area (TPSA) is 55.4 Å². The van der Waals surface area contributed by atoms with E-state index in [-0.39, 0.29) is 11.7 Å². The fraction of sp³-hybridized carbons (Fsp3) is 0.625. The van der Waals surface area contributed by atoms with Crippen LogP contribution in [0.25, 0.3) is 0 Å². The van der Waals surface area contributed by atoms with Gasteiger partial charge in [-0.1, -0.05) is 12.8 Å². The molecule has 0 aliphatic heterocycles. The largest absolute Gasteiger partial charge is 0.378 e. The normalized spacial score (nSPS) is 15.3. The Morgan fingerprint density at radius 2 is 2.14 bits per heavy atom. The third-order valence-electron chi connectivity index (χ3n) is 3.66. The van der Waals surface area contributed by atoms with E-state index in [1.165, 1.54) is 37.0 Å². The van der Waals surface area contributed by atoms with Gasteiger partial charge in [-0.2, -0.15) is 0 Å². The lowest BCUT2D eigenvalue weighted by molar-refractivity contribution is -0.120. The van der Waals surface area contributed by atoms with Gasteiger partial charge in [0.15, 0.2) is 5.78 Å². The first kappa shape index (κ1) is 16.2. The number of amides is 1. The second-order valence-electron chi connectivity index (χ2n) is 5.53. The van der Waals surface area contributed by atoms with Crippen molar-refractivity contribution in [2.75, 3.05) is 13.2 Å². The molecule has 21 heavy (non-hydrogen) atoms. The molecule has 1 saturated carbocycles. The van der Waals surface area contributed by atoms with Crippen LogP contribution in [0.5, 0.6) is 0 Å². The van der Waals surface area contributed by atoms with Crippen LogP contribution < -0.4 is 5.32 Å². The second kappa shape index (κ2) is 8.29. The summed E-state index contributed by atoms with van der Waals surface area (Å²) in [5.41, 5.74) is 0.907. The Kier molecular flexibility index (Phi) is 6.39. The van der Waals surface area contributed by atoms with Gasteiger partial charge in [-0.25, -0.2) is 0 Å². The van der Waals surface area contributed by atoms with Crippen molar-refractivity contribution >= 4 is 23.0 Å². The smallest absolute Gasteiger partial charge is 0.224 e. The number of hydrogen-bond acceptors (Lipinski definition) is 4. The van der Waals surface area contributed by atoms with Gasteiger partial charge in [0.25, 0.3) is 0 Å². The van der Waals surface area contributed by atoms with E-state index < -0.39 is 0 Å². The Bertz CT molecular complexity index is 478. The lowest BCUT2D eigenvalue weighted by Gasteiger charge is -2.11. The molecule has 0 radical (unpaired) electrons. The van der Waals surface area contributed by atoms with E-state index in [0.717, 1.165) is 18.6 Å². The Balaban J connectivity index is 1.57. The van der Waals surface area contributed by atoms with Crippen LogP contribution in [0, 0.1) is 0 Å². The van der Waals surface area contributed by atoms with Gasteiger partial charge >= 0.3 is 0 Å². The molecule has 0 spiro atoms. The SMILES string of the molecule is CC(=O)c1cc(CC(=O)NCCCOC2CCCC2)cs1. The van der Waals surface area contributed by atoms with E-state index in [9.17, 15) is 9.59 Å². The summed E-state index contributed by atoms with van der Waals surface area (Å²) in [5.74, 6) is 0.0551. The summed E-state index contributed by atoms with van der Waals surface area (Å²) < 4.78 is 5.75. The summed E-state index contributed by atoms with van der Waals surface area (Å²) in [7, 11) is 0. The maximum Gasteiger partial charge on any atom is 0.224 e. The van der Waals surface area contributed by atoms with Crippen LogP contribution in [0.4, 0.5) is 0 Å². The van der Waals surface area contributed by atoms with Gasteiger partial charge in [0, 0.05) is 13.2 Å². The number of hydrogen-bond donors (Lipinski definition) is 1. The summed E-state index contributed by atoms with van der Waals surface area (Å²) in [4.78, 5) is 23.7. The minimum Gasteiger partial charge on any atom is -0.378 e. The monoisotopic (exact) mass is 309 g/mol. The standard InChI is InChI=1S/C16H23NO3S/c1-12(18)15-9-13(11-21-15)10-16(19)17-7-4-8-20-14-5-2-3-6-14/h9,11,14H,2-8,10H2,1H3,(H,17,19). The van der Waals surface area contributed by atoms with Crippen LogP contribution in [0.15, 0.2) is 11.4 Å². The molecule has 1 aromatic rings. The average Bonchev–Trinajstić information content (AvgIpc) is 3.09. The van der Waals surface area contributed by atoms with Crippen LogP contribution in [-0.2, 0) is 16.0 Å². The van der Waals surface area contributed by atoms with Crippen molar-refractivity contribution < 1.29 is 14.3 Å². The van der Waals surface area contributed by atoms with E-state index in [1.54, 1.807) is 13.0 Å². The van der Waals surface area contributed by atoms with Crippen LogP contribution >= 0.6 is 11.3 Å². The molecule has 0 unspecified atom stereocenters. The summed E-state index contributed by atoms with van der Waals surface area (Å²) >= 11 is 1.40. The summed E-state index contributed by atoms with van der Waals surface area (Å²) in [6.45, 7) is 2.91. The quantitative estimate of drug-likeness (QED) is 0.593. The molecule has 1 fully saturated rings. The molecule has 0 atom stereocenters. The highest BCUT2D eigenvalue weighted by molar-refractivity contribution is 7.12. The zero-order chi connectivity index (χ0) is 15.1. The first-order valence-electron chi connectivity index (χ1n) is 7.62. The van der Waals surface area contributed by atoms with Crippen molar-refractivity contribution in [2.45, 2.75) is 51.6 Å². The summed E-state index contributed by atoms with van der Waals surface area (Å²) in [6.07, 6.45) is 6.56. The molecule has 1 heterocycles. The molecule has 0 aromatic carbocycles. The van der Waals surface area contributed by atoms with Crippen LogP contribution in [0.1, 0.15) is 54.3 Å². The Morgan fingerprint density at radius 1 is 1.38 bits per heavy atom. The first-order valence-corrected chi connectivity index (χ1v) is 8.50. The van der Waals surface area contributed by atoms with Gasteiger partial charge < -0.3 is 10.1 Å². The minimum absolute atomic E-state index is 0.00349. The predicted octanol–water partition coefficient (Wildman–Crippen LogP) is 2.96. The Hall–Kier alpha value is -1.20. The number of nitrogens with one attached hydrogen (secondary N) is 1. The highest BCUT2D eigenvalue weighted by Gasteiger charge is 2.14. The maximum atomic E-state index is 11.8. The number of rotatable bonds is 8. The summed E-state index contributed by atoms with van der Waals surface area (Å²) in [6, 6.07) is 1.80. The highest BCUT2D eigenvalue weighted by atomic mass is 32.1. The van der Waals surface area contributed by atoms with Crippen LogP contribution in [0.2, 0.25) is 0 Å². The van der Waals surface area contributed by atoms with Crippen LogP contribution in [0.3, 0.4) is 0 Å². The van der Waals surface area contributed by atoms with Crippen molar-refractivity contribution in [3.05, 3.63) is 21.9 Å². The van der Waals surface area contributed by atoms with Gasteiger partial charge in [-0.3, -0.25) is 9.59 Å². The molecule has 1 aliphatic carbocycles. The molecule has 1 amide bonds. The fourth-order valence-corrected chi connectivity index (χ4v) is 3.32.